The Labute approximate surface area is 582 Å². The van der Waals surface area contributed by atoms with Crippen LogP contribution in [0.15, 0.2) is 47.5 Å². The predicted octanol–water partition coefficient (Wildman–Crippen LogP) is 31.1. The maximum atomic E-state index is 12.9. The third kappa shape index (κ3) is 37.8. The van der Waals surface area contributed by atoms with Gasteiger partial charge in [-0.25, -0.2) is 4.70 Å². The minimum absolute atomic E-state index is 1.03. The fourth-order valence-corrected chi connectivity index (χ4v) is 23.5. The molecule has 0 spiro atoms. The second-order valence-electron chi connectivity index (χ2n) is 29.4. The molecule has 2 aromatic rings. The summed E-state index contributed by atoms with van der Waals surface area (Å²) in [5.74, 6) is 0. The van der Waals surface area contributed by atoms with Crippen molar-refractivity contribution in [3.8, 4) is 0 Å². The first-order chi connectivity index (χ1) is 44.6. The molecule has 0 amide bonds. The maximum absolute atomic E-state index is 12.9. The van der Waals surface area contributed by atoms with Gasteiger partial charge in [0.25, 0.3) is 0 Å². The van der Waals surface area contributed by atoms with Gasteiger partial charge in [-0.15, -0.1) is 0 Å². The fourth-order valence-electron chi connectivity index (χ4n) is 14.9. The van der Waals surface area contributed by atoms with E-state index in [0.717, 1.165) is 67.9 Å². The Hall–Kier alpha value is -1.38. The second kappa shape index (κ2) is 57.7. The van der Waals surface area contributed by atoms with Crippen LogP contribution >= 0.6 is 0 Å². The topological polar surface area (TPSA) is 25.3 Å². The predicted molar refractivity (Wildman–Crippen MR) is 416 cm³/mol. The number of nitrogens with zero attached hydrogens (tertiary/aromatic N) is 2. The Morgan fingerprint density at radius 2 is 0.495 bits per heavy atom. The molecule has 91 heavy (non-hydrogen) atoms. The molecular formula is C86H158N2PdSi2. The number of rotatable bonds is 62. The van der Waals surface area contributed by atoms with Gasteiger partial charge in [0, 0.05) is 22.3 Å². The van der Waals surface area contributed by atoms with Crippen LogP contribution in [0, 0.1) is 0 Å². The summed E-state index contributed by atoms with van der Waals surface area (Å²) in [6.45, 7) is 28.6. The molecule has 0 aromatic heterocycles. The first-order valence-electron chi connectivity index (χ1n) is 41.2. The van der Waals surface area contributed by atoms with Crippen LogP contribution in [0.5, 0.6) is 0 Å². The molecule has 1 aliphatic heterocycles. The van der Waals surface area contributed by atoms with Crippen LogP contribution in [0.25, 0.3) is 16.9 Å². The summed E-state index contributed by atoms with van der Waals surface area (Å²) >= 11 is 1.06. The number of allylic oxidation sites excluding steroid dienone is 2. The van der Waals surface area contributed by atoms with Gasteiger partial charge < -0.3 is 5.53 Å². The average Bonchev–Trinajstić information content (AvgIpc) is 1.70. The normalized spacial score (nSPS) is 13.0. The first kappa shape index (κ1) is 85.7. The second-order valence-corrected chi connectivity index (χ2v) is 42.7. The quantitative estimate of drug-likeness (QED) is 0.0358. The van der Waals surface area contributed by atoms with Crippen molar-refractivity contribution in [2.75, 3.05) is 0 Å². The zero-order valence-corrected chi connectivity index (χ0v) is 67.2. The van der Waals surface area contributed by atoms with Gasteiger partial charge in [0.05, 0.1) is 16.1 Å². The minimum Gasteiger partial charge on any atom is -0.0654 e. The zero-order valence-electron chi connectivity index (χ0n) is 63.7. The van der Waals surface area contributed by atoms with Crippen molar-refractivity contribution in [3.63, 3.8) is 0 Å². The molecule has 3 rings (SSSR count). The van der Waals surface area contributed by atoms with Gasteiger partial charge in [0.2, 0.25) is 11.4 Å². The van der Waals surface area contributed by atoms with Crippen LogP contribution in [-0.2, 0) is 42.9 Å². The third-order valence-corrected chi connectivity index (χ3v) is 35.5. The van der Waals surface area contributed by atoms with E-state index >= 15 is 0 Å². The molecule has 0 saturated carbocycles. The molecule has 0 bridgehead atoms. The van der Waals surface area contributed by atoms with Crippen LogP contribution in [0.2, 0.25) is 46.1 Å². The summed E-state index contributed by atoms with van der Waals surface area (Å²) < 4.78 is 1.72. The molecular weight excluding hydrogens is 1220 g/mol. The van der Waals surface area contributed by atoms with Crippen molar-refractivity contribution >= 4 is 27.5 Å². The molecule has 0 radical (unpaired) electrons. The van der Waals surface area contributed by atoms with Crippen molar-refractivity contribution in [2.24, 2.45) is 0 Å². The molecule has 2 aromatic carbocycles. The molecule has 1 aliphatic rings. The monoisotopic (exact) mass is 1380 g/mol. The number of benzene rings is 2. The van der Waals surface area contributed by atoms with Crippen LogP contribution in [0.1, 0.15) is 412 Å². The van der Waals surface area contributed by atoms with E-state index in [1.807, 2.05) is 0 Å². The Bertz CT molecular complexity index is 2060. The van der Waals surface area contributed by atoms with E-state index in [1.165, 1.54) is 363 Å². The molecule has 0 unspecified atom stereocenters. The van der Waals surface area contributed by atoms with Gasteiger partial charge >= 0.3 is 169 Å². The van der Waals surface area contributed by atoms with Crippen molar-refractivity contribution in [1.29, 1.82) is 0 Å². The fraction of sp³-hybridized carbons (Fsp3) is 0.814. The number of hydrogen-bond acceptors (Lipinski definition) is 0. The first-order valence-corrected chi connectivity index (χ1v) is 49.1. The third-order valence-electron chi connectivity index (χ3n) is 22.0. The van der Waals surface area contributed by atoms with Gasteiger partial charge in [-0.1, -0.05) is 247 Å². The zero-order chi connectivity index (χ0) is 66.3. The molecule has 0 aliphatic carbocycles. The summed E-state index contributed by atoms with van der Waals surface area (Å²) in [5, 5.41) is 0. The van der Waals surface area contributed by atoms with E-state index in [9.17, 15) is 5.53 Å². The average molecular weight is 1380 g/mol. The molecule has 0 fully saturated rings. The van der Waals surface area contributed by atoms with Crippen LogP contribution in [0.4, 0.5) is 0 Å². The van der Waals surface area contributed by atoms with Gasteiger partial charge in [-0.05, 0) is 110 Å². The van der Waals surface area contributed by atoms with Crippen molar-refractivity contribution in [2.45, 2.75) is 449 Å². The summed E-state index contributed by atoms with van der Waals surface area (Å²) in [4.78, 5) is 3.09. The number of unbranched alkanes of at least 4 members (excludes halogenated alkanes) is 38. The van der Waals surface area contributed by atoms with E-state index in [2.05, 4.69) is 119 Å². The Balaban J connectivity index is 0.000000669. The molecule has 0 N–H and O–H groups in total. The summed E-state index contributed by atoms with van der Waals surface area (Å²) in [7, 11) is -2.79. The Morgan fingerprint density at radius 3 is 0.769 bits per heavy atom. The van der Waals surface area contributed by atoms with Gasteiger partial charge in [0.15, 0.2) is 0 Å². The Kier molecular flexibility index (Phi) is 54.3. The summed E-state index contributed by atoms with van der Waals surface area (Å²) in [5.41, 5.74) is 26.4. The molecule has 0 saturated heterocycles. The minimum atomic E-state index is -1.40. The van der Waals surface area contributed by atoms with Crippen LogP contribution in [0.3, 0.4) is 0 Å². The molecule has 5 heteroatoms. The molecule has 530 valence electrons. The number of aryl methyl sites for hydroxylation is 2. The van der Waals surface area contributed by atoms with Gasteiger partial charge in [0.1, 0.15) is 0 Å². The van der Waals surface area contributed by atoms with E-state index in [-0.39, 0.29) is 0 Å². The van der Waals surface area contributed by atoms with E-state index in [0.29, 0.717) is 0 Å². The van der Waals surface area contributed by atoms with Crippen molar-refractivity contribution in [1.82, 2.24) is 0 Å². The van der Waals surface area contributed by atoms with Gasteiger partial charge in [-0.2, -0.15) is 0 Å². The van der Waals surface area contributed by atoms with E-state index in [1.54, 1.807) is 14.5 Å². The molecule has 1 heterocycles. The Morgan fingerprint density at radius 1 is 0.264 bits per heavy atom. The van der Waals surface area contributed by atoms with E-state index < -0.39 is 16.1 Å². The molecule has 0 atom stereocenters. The summed E-state index contributed by atoms with van der Waals surface area (Å²) in [6.07, 6.45) is 66.7. The van der Waals surface area contributed by atoms with Crippen molar-refractivity contribution < 1.29 is 22.7 Å². The number of hydrogen-bond donors (Lipinski definition) is 0. The van der Waals surface area contributed by atoms with Crippen LogP contribution < -0.4 is 0 Å². The standard InChI is InChI=1S/C50H84N2Si2.2C18H37.Pd/c1-11-21-25-26-27-28-32-48-47(31-24-14-4)49(45-35-41(29-22-12-2)33-43(37-45)39-53(15-5,16-6)17-7)52(51)50(48)46-36-42(30-23-13-3)34-44(38-46)40-54(18-8,19-9)20-10;2*1-3-5-7-9-11-13-15-17-18-16-14-12-10-8-6-4-2;/h33-38H,11-32,39-40H2,1-10H3;2*1,3-18H2,2H3;. The smallest absolute Gasteiger partial charge is 0.0654 e. The van der Waals surface area contributed by atoms with Crippen molar-refractivity contribution in [3.05, 3.63) is 86.5 Å². The van der Waals surface area contributed by atoms with Gasteiger partial charge in [-0.3, -0.25) is 0 Å². The van der Waals surface area contributed by atoms with E-state index in [4.69, 9.17) is 0 Å². The van der Waals surface area contributed by atoms with Crippen LogP contribution in [-0.4, -0.2) is 20.8 Å². The SMILES string of the molecule is CCCCCCCCC1=C(c2cc(CCCC)cc(C[Si](CC)(CC)CC)c2)[N+](=[N-])C(c2cc(CCCC)cc(C[Si](CC)(CC)CC)c2)=C1CCCC.CCCCCCCCCCCCCCCCC[CH2][Pd][CH2]CCCCCCCCCCCCCCCCC. The molecule has 2 nitrogen and oxygen atoms in total. The summed E-state index contributed by atoms with van der Waals surface area (Å²) in [6, 6.07) is 25.6.